The Morgan fingerprint density at radius 3 is 2.18 bits per heavy atom. The molecule has 34 heavy (non-hydrogen) atoms. The zero-order valence-corrected chi connectivity index (χ0v) is 19.6. The molecule has 0 aliphatic rings. The maximum atomic E-state index is 12.9. The van der Waals surface area contributed by atoms with E-state index in [1.54, 1.807) is 42.5 Å². The van der Waals surface area contributed by atoms with Gasteiger partial charge in [0.25, 0.3) is 5.91 Å². The number of hydrogen-bond acceptors (Lipinski definition) is 5. The Bertz CT molecular complexity index is 1170. The summed E-state index contributed by atoms with van der Waals surface area (Å²) in [5.74, 6) is 0.722. The van der Waals surface area contributed by atoms with Gasteiger partial charge in [0.2, 0.25) is 11.7 Å². The van der Waals surface area contributed by atoms with Crippen molar-refractivity contribution in [2.45, 2.75) is 13.0 Å². The molecule has 2 N–H and O–H groups in total. The lowest BCUT2D eigenvalue weighted by Gasteiger charge is -2.16. The normalized spacial score (nSPS) is 11.5. The van der Waals surface area contributed by atoms with E-state index in [0.29, 0.717) is 34.1 Å². The second-order valence-electron chi connectivity index (χ2n) is 7.40. The van der Waals surface area contributed by atoms with Crippen LogP contribution in [0.5, 0.6) is 17.2 Å². The van der Waals surface area contributed by atoms with Gasteiger partial charge in [-0.15, -0.1) is 0 Å². The van der Waals surface area contributed by atoms with Crippen molar-refractivity contribution in [2.24, 2.45) is 0 Å². The van der Waals surface area contributed by atoms with Crippen LogP contribution in [0.3, 0.4) is 0 Å². The Hall–Kier alpha value is -4.26. The van der Waals surface area contributed by atoms with Gasteiger partial charge >= 0.3 is 0 Å². The van der Waals surface area contributed by atoms with Gasteiger partial charge in [-0.1, -0.05) is 42.5 Å². The van der Waals surface area contributed by atoms with Crippen molar-refractivity contribution in [3.8, 4) is 17.2 Å². The lowest BCUT2D eigenvalue weighted by atomic mass is 10.1. The van der Waals surface area contributed by atoms with Gasteiger partial charge in [-0.25, -0.2) is 0 Å². The van der Waals surface area contributed by atoms with E-state index < -0.39 is 5.91 Å². The highest BCUT2D eigenvalue weighted by Gasteiger charge is 2.17. The average molecular weight is 461 g/mol. The third-order valence-electron chi connectivity index (χ3n) is 5.23. The first-order chi connectivity index (χ1) is 16.5. The molecule has 0 radical (unpaired) electrons. The second-order valence-corrected chi connectivity index (χ2v) is 7.40. The first kappa shape index (κ1) is 24.4. The number of para-hydroxylation sites is 1. The molecule has 3 aromatic rings. The smallest absolute Gasteiger partial charge is 0.253 e. The van der Waals surface area contributed by atoms with Crippen LogP contribution in [0.15, 0.2) is 72.8 Å². The van der Waals surface area contributed by atoms with Gasteiger partial charge in [-0.05, 0) is 42.8 Å². The fraction of sp³-hybridized carbons (Fsp3) is 0.185. The summed E-state index contributed by atoms with van der Waals surface area (Å²) in [6, 6.07) is 19.8. The van der Waals surface area contributed by atoms with Crippen molar-refractivity contribution in [3.63, 3.8) is 0 Å². The standard InChI is InChI=1S/C27H28N2O5/c1-18(19-10-6-5-7-11-19)28-27(31)21-12-8-9-13-22(21)29-24(30)17-15-20-14-16-23(32-2)26(34-4)25(20)33-3/h5-18H,1-4H3,(H,28,31)(H,29,30)/b17-15+/t18-/m1/s1. The Labute approximate surface area is 199 Å². The van der Waals surface area contributed by atoms with Crippen LogP contribution < -0.4 is 24.8 Å². The molecular formula is C27H28N2O5. The predicted octanol–water partition coefficient (Wildman–Crippen LogP) is 4.86. The summed E-state index contributed by atoms with van der Waals surface area (Å²) in [5.41, 5.74) is 2.41. The molecule has 0 saturated heterocycles. The lowest BCUT2D eigenvalue weighted by Crippen LogP contribution is -2.27. The number of rotatable bonds is 9. The molecule has 0 unspecified atom stereocenters. The van der Waals surface area contributed by atoms with Crippen molar-refractivity contribution in [1.29, 1.82) is 0 Å². The van der Waals surface area contributed by atoms with Crippen LogP contribution in [-0.4, -0.2) is 33.1 Å². The molecule has 3 aromatic carbocycles. The zero-order valence-electron chi connectivity index (χ0n) is 19.6. The van der Waals surface area contributed by atoms with E-state index in [0.717, 1.165) is 5.56 Å². The largest absolute Gasteiger partial charge is 0.493 e. The van der Waals surface area contributed by atoms with E-state index >= 15 is 0 Å². The molecular weight excluding hydrogens is 432 g/mol. The predicted molar refractivity (Wildman–Crippen MR) is 133 cm³/mol. The van der Waals surface area contributed by atoms with E-state index in [9.17, 15) is 9.59 Å². The molecule has 0 aliphatic heterocycles. The SMILES string of the molecule is COc1ccc(/C=C/C(=O)Nc2ccccc2C(=O)N[C@H](C)c2ccccc2)c(OC)c1OC. The van der Waals surface area contributed by atoms with Gasteiger partial charge in [-0.3, -0.25) is 9.59 Å². The summed E-state index contributed by atoms with van der Waals surface area (Å²) in [6.07, 6.45) is 2.97. The first-order valence-electron chi connectivity index (χ1n) is 10.7. The summed E-state index contributed by atoms with van der Waals surface area (Å²) in [7, 11) is 4.57. The molecule has 0 aliphatic carbocycles. The van der Waals surface area contributed by atoms with Crippen molar-refractivity contribution >= 4 is 23.6 Å². The number of amides is 2. The number of carbonyl (C=O) groups excluding carboxylic acids is 2. The molecule has 0 bridgehead atoms. The zero-order chi connectivity index (χ0) is 24.5. The molecule has 0 spiro atoms. The van der Waals surface area contributed by atoms with E-state index in [2.05, 4.69) is 10.6 Å². The molecule has 176 valence electrons. The van der Waals surface area contributed by atoms with Gasteiger partial charge in [0, 0.05) is 11.6 Å². The highest BCUT2D eigenvalue weighted by Crippen LogP contribution is 2.40. The number of anilines is 1. The van der Waals surface area contributed by atoms with Crippen LogP contribution in [0, 0.1) is 0 Å². The van der Waals surface area contributed by atoms with Gasteiger partial charge in [-0.2, -0.15) is 0 Å². The molecule has 1 atom stereocenters. The topological polar surface area (TPSA) is 85.9 Å². The third kappa shape index (κ3) is 5.75. The molecule has 7 nitrogen and oxygen atoms in total. The van der Waals surface area contributed by atoms with Crippen LogP contribution in [0.2, 0.25) is 0 Å². The molecule has 7 heteroatoms. The average Bonchev–Trinajstić information content (AvgIpc) is 2.87. The minimum absolute atomic E-state index is 0.185. The fourth-order valence-corrected chi connectivity index (χ4v) is 3.49. The Kier molecular flexibility index (Phi) is 8.29. The summed E-state index contributed by atoms with van der Waals surface area (Å²) >= 11 is 0. The lowest BCUT2D eigenvalue weighted by molar-refractivity contribution is -0.111. The van der Waals surface area contributed by atoms with Gasteiger partial charge < -0.3 is 24.8 Å². The Balaban J connectivity index is 1.75. The summed E-state index contributed by atoms with van der Waals surface area (Å²) < 4.78 is 16.1. The molecule has 0 aromatic heterocycles. The van der Waals surface area contributed by atoms with Gasteiger partial charge in [0.1, 0.15) is 0 Å². The maximum absolute atomic E-state index is 12.9. The number of hydrogen-bond donors (Lipinski definition) is 2. The highest BCUT2D eigenvalue weighted by molar-refractivity contribution is 6.07. The number of benzene rings is 3. The van der Waals surface area contributed by atoms with Gasteiger partial charge in [0.05, 0.1) is 38.6 Å². The number of carbonyl (C=O) groups is 2. The minimum Gasteiger partial charge on any atom is -0.493 e. The van der Waals surface area contributed by atoms with E-state index in [4.69, 9.17) is 14.2 Å². The molecule has 3 rings (SSSR count). The van der Waals surface area contributed by atoms with Crippen molar-refractivity contribution < 1.29 is 23.8 Å². The second kappa shape index (κ2) is 11.6. The van der Waals surface area contributed by atoms with E-state index in [1.807, 2.05) is 37.3 Å². The highest BCUT2D eigenvalue weighted by atomic mass is 16.5. The number of nitrogens with one attached hydrogen (secondary N) is 2. The Morgan fingerprint density at radius 2 is 1.50 bits per heavy atom. The fourth-order valence-electron chi connectivity index (χ4n) is 3.49. The van der Waals surface area contributed by atoms with Crippen LogP contribution in [0.25, 0.3) is 6.08 Å². The van der Waals surface area contributed by atoms with Crippen molar-refractivity contribution in [2.75, 3.05) is 26.6 Å². The van der Waals surface area contributed by atoms with Crippen LogP contribution >= 0.6 is 0 Å². The van der Waals surface area contributed by atoms with Crippen molar-refractivity contribution in [1.82, 2.24) is 5.32 Å². The van der Waals surface area contributed by atoms with Gasteiger partial charge in [0.15, 0.2) is 11.5 Å². The minimum atomic E-state index is -0.395. The molecule has 0 heterocycles. The molecule has 0 fully saturated rings. The third-order valence-corrected chi connectivity index (χ3v) is 5.23. The quantitative estimate of drug-likeness (QED) is 0.446. The monoisotopic (exact) mass is 460 g/mol. The maximum Gasteiger partial charge on any atom is 0.253 e. The van der Waals surface area contributed by atoms with Crippen LogP contribution in [-0.2, 0) is 4.79 Å². The molecule has 0 saturated carbocycles. The Morgan fingerprint density at radius 1 is 0.824 bits per heavy atom. The summed E-state index contributed by atoms with van der Waals surface area (Å²) in [4.78, 5) is 25.6. The van der Waals surface area contributed by atoms with E-state index in [1.165, 1.54) is 27.4 Å². The summed E-state index contributed by atoms with van der Waals surface area (Å²) in [5, 5.41) is 5.75. The van der Waals surface area contributed by atoms with Crippen LogP contribution in [0.1, 0.15) is 34.5 Å². The molecule has 2 amide bonds. The first-order valence-corrected chi connectivity index (χ1v) is 10.7. The number of methoxy groups -OCH3 is 3. The van der Waals surface area contributed by atoms with Crippen LogP contribution in [0.4, 0.5) is 5.69 Å². The number of ether oxygens (including phenoxy) is 3. The summed E-state index contributed by atoms with van der Waals surface area (Å²) in [6.45, 7) is 1.91. The van der Waals surface area contributed by atoms with E-state index in [-0.39, 0.29) is 11.9 Å². The van der Waals surface area contributed by atoms with Crippen molar-refractivity contribution in [3.05, 3.63) is 89.5 Å².